The van der Waals surface area contributed by atoms with Crippen molar-refractivity contribution in [2.24, 2.45) is 0 Å². The van der Waals surface area contributed by atoms with Crippen molar-refractivity contribution in [3.8, 4) is 0 Å². The quantitative estimate of drug-likeness (QED) is 0.0261. The summed E-state index contributed by atoms with van der Waals surface area (Å²) in [6, 6.07) is 0. The minimum atomic E-state index is -0.817. The minimum absolute atomic E-state index is 0.108. The summed E-state index contributed by atoms with van der Waals surface area (Å²) in [5, 5.41) is 0. The molecule has 0 aromatic carbocycles. The zero-order chi connectivity index (χ0) is 52.2. The first-order valence-corrected chi connectivity index (χ1v) is 29.2. The topological polar surface area (TPSA) is 78.9 Å². The summed E-state index contributed by atoms with van der Waals surface area (Å²) >= 11 is 0. The molecule has 406 valence electrons. The van der Waals surface area contributed by atoms with Crippen molar-refractivity contribution in [1.29, 1.82) is 0 Å². The molecule has 0 N–H and O–H groups in total. The molecule has 0 amide bonds. The zero-order valence-corrected chi connectivity index (χ0v) is 46.4. The van der Waals surface area contributed by atoms with Crippen LogP contribution in [0.15, 0.2) is 134 Å². The van der Waals surface area contributed by atoms with Crippen molar-refractivity contribution in [1.82, 2.24) is 0 Å². The molecule has 1 atom stereocenters. The lowest BCUT2D eigenvalue weighted by Crippen LogP contribution is -2.30. The van der Waals surface area contributed by atoms with Crippen LogP contribution in [0.4, 0.5) is 0 Å². The van der Waals surface area contributed by atoms with Crippen LogP contribution in [0.1, 0.15) is 245 Å². The Morgan fingerprint density at radius 1 is 0.292 bits per heavy atom. The molecule has 0 fully saturated rings. The predicted octanol–water partition coefficient (Wildman–Crippen LogP) is 19.8. The van der Waals surface area contributed by atoms with Crippen LogP contribution < -0.4 is 0 Å². The second-order valence-electron chi connectivity index (χ2n) is 18.8. The van der Waals surface area contributed by atoms with Gasteiger partial charge in [0.25, 0.3) is 0 Å². The maximum atomic E-state index is 12.8. The van der Waals surface area contributed by atoms with Gasteiger partial charge in [-0.1, -0.05) is 251 Å². The van der Waals surface area contributed by atoms with E-state index in [1.165, 1.54) is 70.6 Å². The van der Waals surface area contributed by atoms with Crippen molar-refractivity contribution in [2.45, 2.75) is 252 Å². The summed E-state index contributed by atoms with van der Waals surface area (Å²) in [5.74, 6) is -0.985. The second-order valence-corrected chi connectivity index (χ2v) is 18.8. The number of hydrogen-bond donors (Lipinski definition) is 0. The molecule has 0 aliphatic heterocycles. The van der Waals surface area contributed by atoms with Crippen LogP contribution >= 0.6 is 0 Å². The van der Waals surface area contributed by atoms with Crippen LogP contribution in [-0.4, -0.2) is 37.2 Å². The third kappa shape index (κ3) is 56.5. The Morgan fingerprint density at radius 2 is 0.556 bits per heavy atom. The summed E-state index contributed by atoms with van der Waals surface area (Å²) in [6.45, 7) is 6.34. The Bertz CT molecular complexity index is 1560. The SMILES string of the molecule is CC/C=C\C/C=C\C/C=C\C/C=C\C/C=C\C/C=C\CCCCCCCCC(=O)OCC(COC(=O)CCCCCCCCCCCCCC)OC(=O)CCC/C=C\C/C=C\C/C=C\C/C=C\C/C=C\CC. The van der Waals surface area contributed by atoms with E-state index in [0.717, 1.165) is 128 Å². The molecule has 0 aliphatic carbocycles. The fraction of sp³-hybridized carbons (Fsp3) is 0.621. The Labute approximate surface area is 443 Å². The average molecular weight is 996 g/mol. The molecule has 0 aromatic heterocycles. The molecule has 0 saturated carbocycles. The summed E-state index contributed by atoms with van der Waals surface area (Å²) in [6.07, 6.45) is 83.0. The van der Waals surface area contributed by atoms with Gasteiger partial charge in [-0.25, -0.2) is 0 Å². The van der Waals surface area contributed by atoms with E-state index >= 15 is 0 Å². The fourth-order valence-corrected chi connectivity index (χ4v) is 7.60. The molecule has 0 rings (SSSR count). The van der Waals surface area contributed by atoms with Crippen LogP contribution in [0.2, 0.25) is 0 Å². The molecule has 6 heteroatoms. The van der Waals surface area contributed by atoms with Gasteiger partial charge in [0.15, 0.2) is 6.10 Å². The van der Waals surface area contributed by atoms with Crippen molar-refractivity contribution < 1.29 is 28.6 Å². The largest absolute Gasteiger partial charge is 0.462 e. The molecular weight excluding hydrogens is 889 g/mol. The van der Waals surface area contributed by atoms with Gasteiger partial charge in [-0.3, -0.25) is 14.4 Å². The lowest BCUT2D eigenvalue weighted by molar-refractivity contribution is -0.167. The highest BCUT2D eigenvalue weighted by molar-refractivity contribution is 5.71. The van der Waals surface area contributed by atoms with Crippen molar-refractivity contribution in [2.75, 3.05) is 13.2 Å². The molecule has 0 radical (unpaired) electrons. The average Bonchev–Trinajstić information content (AvgIpc) is 3.38. The van der Waals surface area contributed by atoms with Crippen molar-refractivity contribution >= 4 is 17.9 Å². The summed E-state index contributed by atoms with van der Waals surface area (Å²) < 4.78 is 16.8. The van der Waals surface area contributed by atoms with E-state index in [2.05, 4.69) is 154 Å². The highest BCUT2D eigenvalue weighted by Gasteiger charge is 2.19. The Balaban J connectivity index is 4.45. The van der Waals surface area contributed by atoms with E-state index < -0.39 is 6.10 Å². The van der Waals surface area contributed by atoms with Crippen molar-refractivity contribution in [3.05, 3.63) is 134 Å². The number of allylic oxidation sites excluding steroid dienone is 22. The molecule has 72 heavy (non-hydrogen) atoms. The van der Waals surface area contributed by atoms with Gasteiger partial charge in [-0.05, 0) is 109 Å². The van der Waals surface area contributed by atoms with Gasteiger partial charge < -0.3 is 14.2 Å². The van der Waals surface area contributed by atoms with E-state index in [9.17, 15) is 14.4 Å². The maximum Gasteiger partial charge on any atom is 0.306 e. The highest BCUT2D eigenvalue weighted by Crippen LogP contribution is 2.14. The van der Waals surface area contributed by atoms with E-state index in [1.807, 2.05) is 0 Å². The van der Waals surface area contributed by atoms with E-state index in [4.69, 9.17) is 14.2 Å². The van der Waals surface area contributed by atoms with Gasteiger partial charge in [0.1, 0.15) is 13.2 Å². The third-order valence-corrected chi connectivity index (χ3v) is 11.9. The van der Waals surface area contributed by atoms with Crippen LogP contribution in [0.5, 0.6) is 0 Å². The fourth-order valence-electron chi connectivity index (χ4n) is 7.60. The number of hydrogen-bond acceptors (Lipinski definition) is 6. The first-order chi connectivity index (χ1) is 35.5. The van der Waals surface area contributed by atoms with Gasteiger partial charge in [0, 0.05) is 19.3 Å². The molecule has 0 bridgehead atoms. The predicted molar refractivity (Wildman–Crippen MR) is 311 cm³/mol. The van der Waals surface area contributed by atoms with Gasteiger partial charge >= 0.3 is 17.9 Å². The smallest absolute Gasteiger partial charge is 0.306 e. The number of esters is 3. The van der Waals surface area contributed by atoms with Gasteiger partial charge in [-0.2, -0.15) is 0 Å². The Morgan fingerprint density at radius 3 is 0.889 bits per heavy atom. The van der Waals surface area contributed by atoms with Crippen LogP contribution in [-0.2, 0) is 28.6 Å². The first-order valence-electron chi connectivity index (χ1n) is 29.2. The molecular formula is C66H106O6. The number of rotatable bonds is 51. The number of unbranched alkanes of at least 4 members (excludes halogenated alkanes) is 18. The Kier molecular flexibility index (Phi) is 55.5. The monoisotopic (exact) mass is 995 g/mol. The van der Waals surface area contributed by atoms with Crippen LogP contribution in [0.25, 0.3) is 0 Å². The maximum absolute atomic E-state index is 12.8. The first kappa shape index (κ1) is 67.5. The number of carbonyl (C=O) groups is 3. The molecule has 1 unspecified atom stereocenters. The normalized spacial score (nSPS) is 13.1. The minimum Gasteiger partial charge on any atom is -0.462 e. The van der Waals surface area contributed by atoms with Crippen molar-refractivity contribution in [3.63, 3.8) is 0 Å². The van der Waals surface area contributed by atoms with E-state index in [1.54, 1.807) is 0 Å². The van der Waals surface area contributed by atoms with Crippen LogP contribution in [0.3, 0.4) is 0 Å². The highest BCUT2D eigenvalue weighted by atomic mass is 16.6. The van der Waals surface area contributed by atoms with Gasteiger partial charge in [-0.15, -0.1) is 0 Å². The number of carbonyl (C=O) groups excluding carboxylic acids is 3. The number of ether oxygens (including phenoxy) is 3. The molecule has 0 aromatic rings. The van der Waals surface area contributed by atoms with Gasteiger partial charge in [0.2, 0.25) is 0 Å². The standard InChI is InChI=1S/C66H106O6/c1-4-7-10-13-16-19-22-25-27-29-30-31-32-33-34-35-36-38-39-41-44-47-50-53-56-59-65(68)71-62-63(61-70-64(67)58-55-52-49-46-43-24-21-18-15-12-9-6-3)72-66(69)60-57-54-51-48-45-42-40-37-28-26-23-20-17-14-11-8-5-2/h7-8,10-11,16-17,19-20,25-28,30-31,33-34,36,38,40,42,48,51,63H,4-6,9,12-15,18,21-24,29,32,35,37,39,41,43-47,49-50,52-62H2,1-3H3/b10-7-,11-8-,19-16-,20-17-,27-25-,28-26-,31-30-,34-33-,38-36-,42-40-,51-48-. The summed E-state index contributed by atoms with van der Waals surface area (Å²) in [4.78, 5) is 38.1. The van der Waals surface area contributed by atoms with Crippen LogP contribution in [0, 0.1) is 0 Å². The zero-order valence-electron chi connectivity index (χ0n) is 46.4. The third-order valence-electron chi connectivity index (χ3n) is 11.9. The van der Waals surface area contributed by atoms with Gasteiger partial charge in [0.05, 0.1) is 0 Å². The molecule has 0 heterocycles. The molecule has 0 saturated heterocycles. The Hall–Kier alpha value is -4.45. The van der Waals surface area contributed by atoms with E-state index in [0.29, 0.717) is 19.3 Å². The molecule has 6 nitrogen and oxygen atoms in total. The second kappa shape index (κ2) is 59.1. The molecule has 0 aliphatic rings. The lowest BCUT2D eigenvalue weighted by Gasteiger charge is -2.18. The summed E-state index contributed by atoms with van der Waals surface area (Å²) in [7, 11) is 0. The van der Waals surface area contributed by atoms with E-state index in [-0.39, 0.29) is 37.5 Å². The lowest BCUT2D eigenvalue weighted by atomic mass is 10.0. The molecule has 0 spiro atoms. The summed E-state index contributed by atoms with van der Waals surface area (Å²) in [5.41, 5.74) is 0.